The van der Waals surface area contributed by atoms with E-state index < -0.39 is 4.92 Å². The summed E-state index contributed by atoms with van der Waals surface area (Å²) in [6.07, 6.45) is 0. The zero-order chi connectivity index (χ0) is 19.4. The molecule has 1 heterocycles. The molecule has 0 N–H and O–H groups in total. The van der Waals surface area contributed by atoms with Crippen molar-refractivity contribution in [3.8, 4) is 5.75 Å². The van der Waals surface area contributed by atoms with Crippen molar-refractivity contribution >= 4 is 17.3 Å². The van der Waals surface area contributed by atoms with Crippen LogP contribution < -0.4 is 9.64 Å². The number of ether oxygens (including phenoxy) is 1. The van der Waals surface area contributed by atoms with Gasteiger partial charge < -0.3 is 14.5 Å². The van der Waals surface area contributed by atoms with Crippen LogP contribution in [0.1, 0.15) is 17.3 Å². The average Bonchev–Trinajstić information content (AvgIpc) is 2.68. The summed E-state index contributed by atoms with van der Waals surface area (Å²) in [6.45, 7) is 8.01. The lowest BCUT2D eigenvalue weighted by Gasteiger charge is -2.36. The lowest BCUT2D eigenvalue weighted by Crippen LogP contribution is -2.48. The predicted molar refractivity (Wildman–Crippen MR) is 103 cm³/mol. The summed E-state index contributed by atoms with van der Waals surface area (Å²) in [6, 6.07) is 13.5. The van der Waals surface area contributed by atoms with Crippen LogP contribution in [0.2, 0.25) is 0 Å². The molecule has 0 aliphatic carbocycles. The van der Waals surface area contributed by atoms with Gasteiger partial charge in [-0.25, -0.2) is 0 Å². The SMILES string of the molecule is C=C(C)Oc1ccc(C(=O)N2CCN(c3ccc([N+](=O)[O-])cc3)CC2)cc1. The second-order valence-electron chi connectivity index (χ2n) is 6.38. The number of carbonyl (C=O) groups excluding carboxylic acids is 1. The number of carbonyl (C=O) groups is 1. The minimum absolute atomic E-state index is 0.0137. The zero-order valence-corrected chi connectivity index (χ0v) is 15.1. The molecule has 2 aromatic carbocycles. The summed E-state index contributed by atoms with van der Waals surface area (Å²) in [7, 11) is 0. The van der Waals surface area contributed by atoms with Crippen LogP contribution in [0.25, 0.3) is 0 Å². The topological polar surface area (TPSA) is 75.9 Å². The maximum absolute atomic E-state index is 12.7. The minimum atomic E-state index is -0.410. The third kappa shape index (κ3) is 4.44. The Morgan fingerprint density at radius 3 is 2.15 bits per heavy atom. The molecule has 0 radical (unpaired) electrons. The summed E-state index contributed by atoms with van der Waals surface area (Å²) < 4.78 is 5.41. The van der Waals surface area contributed by atoms with Gasteiger partial charge in [-0.15, -0.1) is 0 Å². The van der Waals surface area contributed by atoms with Crippen molar-refractivity contribution in [2.75, 3.05) is 31.1 Å². The van der Waals surface area contributed by atoms with Crippen LogP contribution in [0, 0.1) is 10.1 Å². The molecule has 0 unspecified atom stereocenters. The van der Waals surface area contributed by atoms with E-state index in [2.05, 4.69) is 11.5 Å². The van der Waals surface area contributed by atoms with E-state index in [0.29, 0.717) is 43.3 Å². The van der Waals surface area contributed by atoms with Crippen LogP contribution in [-0.2, 0) is 0 Å². The van der Waals surface area contributed by atoms with Crippen LogP contribution in [0.15, 0.2) is 60.9 Å². The highest BCUT2D eigenvalue weighted by molar-refractivity contribution is 5.94. The number of nitro benzene ring substituents is 1. The normalized spacial score (nSPS) is 14.0. The average molecular weight is 367 g/mol. The third-order valence-electron chi connectivity index (χ3n) is 4.39. The second kappa shape index (κ2) is 7.90. The summed E-state index contributed by atoms with van der Waals surface area (Å²) in [5.74, 6) is 1.23. The number of non-ortho nitro benzene ring substituents is 1. The molecule has 1 amide bonds. The van der Waals surface area contributed by atoms with Crippen molar-refractivity contribution in [2.24, 2.45) is 0 Å². The van der Waals surface area contributed by atoms with Crippen molar-refractivity contribution in [3.05, 3.63) is 76.5 Å². The van der Waals surface area contributed by atoms with E-state index in [9.17, 15) is 14.9 Å². The lowest BCUT2D eigenvalue weighted by molar-refractivity contribution is -0.384. The number of hydrogen-bond acceptors (Lipinski definition) is 5. The van der Waals surface area contributed by atoms with Crippen molar-refractivity contribution < 1.29 is 14.5 Å². The number of nitro groups is 1. The smallest absolute Gasteiger partial charge is 0.269 e. The highest BCUT2D eigenvalue weighted by Crippen LogP contribution is 2.21. The van der Waals surface area contributed by atoms with Gasteiger partial charge in [-0.2, -0.15) is 0 Å². The van der Waals surface area contributed by atoms with Gasteiger partial charge in [0, 0.05) is 49.6 Å². The largest absolute Gasteiger partial charge is 0.463 e. The molecule has 0 spiro atoms. The van der Waals surface area contributed by atoms with Crippen LogP contribution in [0.5, 0.6) is 5.75 Å². The summed E-state index contributed by atoms with van der Waals surface area (Å²) >= 11 is 0. The first-order chi connectivity index (χ1) is 12.9. The number of allylic oxidation sites excluding steroid dienone is 1. The summed E-state index contributed by atoms with van der Waals surface area (Å²) in [5, 5.41) is 10.8. The fourth-order valence-electron chi connectivity index (χ4n) is 3.00. The molecule has 0 aromatic heterocycles. The van der Waals surface area contributed by atoms with E-state index in [1.54, 1.807) is 43.3 Å². The molecule has 0 bridgehead atoms. The predicted octanol–water partition coefficient (Wildman–Crippen LogP) is 3.47. The van der Waals surface area contributed by atoms with Crippen molar-refractivity contribution in [3.63, 3.8) is 0 Å². The van der Waals surface area contributed by atoms with Crippen LogP contribution in [-0.4, -0.2) is 41.9 Å². The molecule has 1 aliphatic heterocycles. The molecular weight excluding hydrogens is 346 g/mol. The van der Waals surface area contributed by atoms with Crippen LogP contribution in [0.4, 0.5) is 11.4 Å². The van der Waals surface area contributed by atoms with Crippen molar-refractivity contribution in [1.29, 1.82) is 0 Å². The maximum Gasteiger partial charge on any atom is 0.269 e. The summed E-state index contributed by atoms with van der Waals surface area (Å²) in [5.41, 5.74) is 1.62. The molecule has 7 nitrogen and oxygen atoms in total. The van der Waals surface area contributed by atoms with Gasteiger partial charge >= 0.3 is 0 Å². The highest BCUT2D eigenvalue weighted by Gasteiger charge is 2.22. The Balaban J connectivity index is 1.59. The standard InChI is InChI=1S/C20H21N3O4/c1-15(2)27-19-9-3-16(4-10-19)20(24)22-13-11-21(12-14-22)17-5-7-18(8-6-17)23(25)26/h3-10H,1,11-14H2,2H3. The Morgan fingerprint density at radius 2 is 1.63 bits per heavy atom. The van der Waals surface area contributed by atoms with Gasteiger partial charge in [0.25, 0.3) is 11.6 Å². The van der Waals surface area contributed by atoms with Gasteiger partial charge in [-0.3, -0.25) is 14.9 Å². The number of anilines is 1. The molecule has 27 heavy (non-hydrogen) atoms. The molecule has 1 fully saturated rings. The molecular formula is C20H21N3O4. The van der Waals surface area contributed by atoms with Gasteiger partial charge in [0.15, 0.2) is 0 Å². The fourth-order valence-corrected chi connectivity index (χ4v) is 3.00. The molecule has 2 aromatic rings. The van der Waals surface area contributed by atoms with E-state index >= 15 is 0 Å². The van der Waals surface area contributed by atoms with E-state index in [1.807, 2.05) is 4.90 Å². The van der Waals surface area contributed by atoms with Crippen molar-refractivity contribution in [2.45, 2.75) is 6.92 Å². The molecule has 1 aliphatic rings. The maximum atomic E-state index is 12.7. The summed E-state index contributed by atoms with van der Waals surface area (Å²) in [4.78, 5) is 26.9. The molecule has 3 rings (SSSR count). The van der Waals surface area contributed by atoms with Gasteiger partial charge in [0.1, 0.15) is 5.75 Å². The number of piperazine rings is 1. The molecule has 7 heteroatoms. The number of hydrogen-bond donors (Lipinski definition) is 0. The van der Waals surface area contributed by atoms with Gasteiger partial charge in [0.2, 0.25) is 0 Å². The third-order valence-corrected chi connectivity index (χ3v) is 4.39. The monoisotopic (exact) mass is 367 g/mol. The fraction of sp³-hybridized carbons (Fsp3) is 0.250. The van der Waals surface area contributed by atoms with E-state index in [1.165, 1.54) is 12.1 Å². The zero-order valence-electron chi connectivity index (χ0n) is 15.1. The Morgan fingerprint density at radius 1 is 1.04 bits per heavy atom. The molecule has 1 saturated heterocycles. The van der Waals surface area contributed by atoms with E-state index in [-0.39, 0.29) is 11.6 Å². The highest BCUT2D eigenvalue weighted by atomic mass is 16.6. The van der Waals surface area contributed by atoms with Crippen LogP contribution in [0.3, 0.4) is 0 Å². The van der Waals surface area contributed by atoms with Crippen molar-refractivity contribution in [1.82, 2.24) is 4.90 Å². The Labute approximate surface area is 157 Å². The number of rotatable bonds is 5. The Hall–Kier alpha value is -3.35. The lowest BCUT2D eigenvalue weighted by atomic mass is 10.1. The quantitative estimate of drug-likeness (QED) is 0.459. The van der Waals surface area contributed by atoms with Gasteiger partial charge in [0.05, 0.1) is 10.7 Å². The van der Waals surface area contributed by atoms with Gasteiger partial charge in [-0.05, 0) is 43.3 Å². The number of benzene rings is 2. The molecule has 140 valence electrons. The first kappa shape index (κ1) is 18.4. The molecule has 0 atom stereocenters. The first-order valence-corrected chi connectivity index (χ1v) is 8.66. The second-order valence-corrected chi connectivity index (χ2v) is 6.38. The first-order valence-electron chi connectivity index (χ1n) is 8.66. The van der Waals surface area contributed by atoms with E-state index in [4.69, 9.17) is 4.74 Å². The van der Waals surface area contributed by atoms with Crippen LogP contribution >= 0.6 is 0 Å². The minimum Gasteiger partial charge on any atom is -0.463 e. The number of nitrogens with zero attached hydrogens (tertiary/aromatic N) is 3. The Kier molecular flexibility index (Phi) is 5.40. The van der Waals surface area contributed by atoms with Gasteiger partial charge in [-0.1, -0.05) is 6.58 Å². The Bertz CT molecular complexity index is 839. The van der Waals surface area contributed by atoms with E-state index in [0.717, 1.165) is 5.69 Å². The molecule has 0 saturated carbocycles. The number of amides is 1.